The van der Waals surface area contributed by atoms with Gasteiger partial charge in [-0.3, -0.25) is 0 Å². The summed E-state index contributed by atoms with van der Waals surface area (Å²) in [6.45, 7) is 0. The highest BCUT2D eigenvalue weighted by Gasteiger charge is 2.19. The first-order valence-corrected chi connectivity index (χ1v) is 5.42. The summed E-state index contributed by atoms with van der Waals surface area (Å²) in [5.41, 5.74) is -0.852. The topological polar surface area (TPSA) is 117 Å². The Morgan fingerprint density at radius 3 is 1.24 bits per heavy atom. The standard InChI is InChI=1S/C12H15NO8/c1-18-9(14)5-7(11(16)20-3)13-8(12(17)21-4)6-10(15)19-2/h5-6,13H,1-4H3/b7-5-,8-6-. The molecule has 0 heterocycles. The molecule has 0 aliphatic rings. The van der Waals surface area contributed by atoms with Crippen molar-refractivity contribution in [1.82, 2.24) is 5.32 Å². The minimum absolute atomic E-state index is 0.426. The van der Waals surface area contributed by atoms with Crippen LogP contribution in [0.5, 0.6) is 0 Å². The van der Waals surface area contributed by atoms with E-state index >= 15 is 0 Å². The summed E-state index contributed by atoms with van der Waals surface area (Å²) < 4.78 is 17.6. The quantitative estimate of drug-likeness (QED) is 0.376. The van der Waals surface area contributed by atoms with Gasteiger partial charge in [0.05, 0.1) is 40.6 Å². The van der Waals surface area contributed by atoms with Crippen molar-refractivity contribution in [2.45, 2.75) is 0 Å². The van der Waals surface area contributed by atoms with Crippen molar-refractivity contribution in [3.05, 3.63) is 23.5 Å². The van der Waals surface area contributed by atoms with Gasteiger partial charge in [0, 0.05) is 0 Å². The Balaban J connectivity index is 5.51. The Labute approximate surface area is 120 Å². The van der Waals surface area contributed by atoms with Crippen molar-refractivity contribution in [3.8, 4) is 0 Å². The predicted octanol–water partition coefficient (Wildman–Crippen LogP) is -0.964. The monoisotopic (exact) mass is 301 g/mol. The summed E-state index contributed by atoms with van der Waals surface area (Å²) >= 11 is 0. The molecular formula is C12H15NO8. The molecule has 0 rings (SSSR count). The van der Waals surface area contributed by atoms with E-state index in [9.17, 15) is 19.2 Å². The number of carbonyl (C=O) groups is 4. The van der Waals surface area contributed by atoms with Crippen molar-refractivity contribution in [2.24, 2.45) is 0 Å². The number of ether oxygens (including phenoxy) is 4. The maximum Gasteiger partial charge on any atom is 0.354 e. The first-order chi connectivity index (χ1) is 9.89. The lowest BCUT2D eigenvalue weighted by Crippen LogP contribution is -2.28. The van der Waals surface area contributed by atoms with Crippen molar-refractivity contribution in [2.75, 3.05) is 28.4 Å². The van der Waals surface area contributed by atoms with Gasteiger partial charge in [-0.05, 0) is 0 Å². The van der Waals surface area contributed by atoms with Gasteiger partial charge in [-0.1, -0.05) is 0 Å². The zero-order valence-electron chi connectivity index (χ0n) is 11.9. The molecule has 0 unspecified atom stereocenters. The van der Waals surface area contributed by atoms with E-state index in [1.54, 1.807) is 0 Å². The third-order valence-corrected chi connectivity index (χ3v) is 2.01. The van der Waals surface area contributed by atoms with E-state index in [0.717, 1.165) is 40.6 Å². The summed E-state index contributed by atoms with van der Waals surface area (Å²) in [6, 6.07) is 0. The van der Waals surface area contributed by atoms with E-state index < -0.39 is 35.3 Å². The molecule has 0 bridgehead atoms. The van der Waals surface area contributed by atoms with Crippen molar-refractivity contribution in [3.63, 3.8) is 0 Å². The molecule has 0 aliphatic heterocycles. The highest BCUT2D eigenvalue weighted by molar-refractivity contribution is 6.00. The number of hydrogen-bond acceptors (Lipinski definition) is 9. The molecule has 0 atom stereocenters. The summed E-state index contributed by atoms with van der Waals surface area (Å²) in [6.07, 6.45) is 1.50. The smallest absolute Gasteiger partial charge is 0.354 e. The Morgan fingerprint density at radius 1 is 0.667 bits per heavy atom. The van der Waals surface area contributed by atoms with Crippen molar-refractivity contribution >= 4 is 23.9 Å². The number of nitrogens with one attached hydrogen (secondary N) is 1. The molecule has 0 aromatic heterocycles. The Morgan fingerprint density at radius 2 is 1.00 bits per heavy atom. The molecule has 0 saturated heterocycles. The second-order valence-electron chi connectivity index (χ2n) is 3.27. The van der Waals surface area contributed by atoms with Crippen LogP contribution in [0.1, 0.15) is 0 Å². The molecule has 9 heteroatoms. The third-order valence-electron chi connectivity index (χ3n) is 2.01. The van der Waals surface area contributed by atoms with Gasteiger partial charge in [-0.25, -0.2) is 19.2 Å². The lowest BCUT2D eigenvalue weighted by Gasteiger charge is -2.10. The lowest BCUT2D eigenvalue weighted by atomic mass is 10.3. The van der Waals surface area contributed by atoms with E-state index in [1.807, 2.05) is 0 Å². The Kier molecular flexibility index (Phi) is 7.89. The van der Waals surface area contributed by atoms with Crippen LogP contribution in [-0.2, 0) is 38.1 Å². The SMILES string of the molecule is COC(=O)/C=C(\N/C(=C\C(=O)OC)C(=O)OC)C(=O)OC. The molecule has 9 nitrogen and oxygen atoms in total. The normalized spacial score (nSPS) is 11.2. The molecule has 21 heavy (non-hydrogen) atoms. The average Bonchev–Trinajstić information content (AvgIpc) is 2.50. The largest absolute Gasteiger partial charge is 0.466 e. The zero-order chi connectivity index (χ0) is 16.4. The van der Waals surface area contributed by atoms with Crippen LogP contribution >= 0.6 is 0 Å². The van der Waals surface area contributed by atoms with E-state index in [2.05, 4.69) is 24.3 Å². The van der Waals surface area contributed by atoms with Crippen LogP contribution in [0.2, 0.25) is 0 Å². The first-order valence-electron chi connectivity index (χ1n) is 5.42. The maximum absolute atomic E-state index is 11.5. The van der Waals surface area contributed by atoms with E-state index in [4.69, 9.17) is 0 Å². The molecule has 0 amide bonds. The van der Waals surface area contributed by atoms with Crippen LogP contribution in [0.15, 0.2) is 23.5 Å². The molecule has 0 radical (unpaired) electrons. The van der Waals surface area contributed by atoms with Crippen LogP contribution in [-0.4, -0.2) is 52.3 Å². The number of rotatable bonds is 6. The fraction of sp³-hybridized carbons (Fsp3) is 0.333. The minimum Gasteiger partial charge on any atom is -0.466 e. The van der Waals surface area contributed by atoms with Gasteiger partial charge >= 0.3 is 23.9 Å². The maximum atomic E-state index is 11.5. The van der Waals surface area contributed by atoms with Gasteiger partial charge in [0.25, 0.3) is 0 Å². The van der Waals surface area contributed by atoms with E-state index in [0.29, 0.717) is 0 Å². The van der Waals surface area contributed by atoms with Gasteiger partial charge in [-0.15, -0.1) is 0 Å². The summed E-state index contributed by atoms with van der Waals surface area (Å²) in [7, 11) is 4.33. The van der Waals surface area contributed by atoms with Crippen LogP contribution in [0.3, 0.4) is 0 Å². The Bertz CT molecular complexity index is 447. The fourth-order valence-electron chi connectivity index (χ4n) is 1.01. The van der Waals surface area contributed by atoms with Gasteiger partial charge in [0.1, 0.15) is 11.4 Å². The molecule has 0 fully saturated rings. The van der Waals surface area contributed by atoms with Gasteiger partial charge in [0.2, 0.25) is 0 Å². The fourth-order valence-corrected chi connectivity index (χ4v) is 1.01. The van der Waals surface area contributed by atoms with Gasteiger partial charge in [0.15, 0.2) is 0 Å². The molecule has 0 spiro atoms. The summed E-state index contributed by atoms with van der Waals surface area (Å²) in [4.78, 5) is 45.4. The van der Waals surface area contributed by atoms with Crippen LogP contribution < -0.4 is 5.32 Å². The number of methoxy groups -OCH3 is 4. The third kappa shape index (κ3) is 6.23. The predicted molar refractivity (Wildman–Crippen MR) is 67.4 cm³/mol. The summed E-state index contributed by atoms with van der Waals surface area (Å²) in [5, 5.41) is 2.26. The molecule has 0 aromatic carbocycles. The van der Waals surface area contributed by atoms with Crippen LogP contribution in [0.25, 0.3) is 0 Å². The summed E-state index contributed by atoms with van der Waals surface area (Å²) in [5.74, 6) is -3.66. The molecule has 0 saturated carbocycles. The van der Waals surface area contributed by atoms with Crippen LogP contribution in [0.4, 0.5) is 0 Å². The zero-order valence-corrected chi connectivity index (χ0v) is 11.9. The highest BCUT2D eigenvalue weighted by Crippen LogP contribution is 2.02. The van der Waals surface area contributed by atoms with Gasteiger partial charge in [-0.2, -0.15) is 0 Å². The molecule has 0 aromatic rings. The molecular weight excluding hydrogens is 286 g/mol. The van der Waals surface area contributed by atoms with Crippen LogP contribution in [0, 0.1) is 0 Å². The van der Waals surface area contributed by atoms with Crippen molar-refractivity contribution < 1.29 is 38.1 Å². The van der Waals surface area contributed by atoms with E-state index in [1.165, 1.54) is 0 Å². The molecule has 0 aliphatic carbocycles. The number of esters is 4. The second-order valence-corrected chi connectivity index (χ2v) is 3.27. The highest BCUT2D eigenvalue weighted by atomic mass is 16.5. The molecule has 1 N–H and O–H groups in total. The lowest BCUT2D eigenvalue weighted by molar-refractivity contribution is -0.140. The average molecular weight is 301 g/mol. The minimum atomic E-state index is -0.958. The van der Waals surface area contributed by atoms with E-state index in [-0.39, 0.29) is 0 Å². The second kappa shape index (κ2) is 9.13. The van der Waals surface area contributed by atoms with Gasteiger partial charge < -0.3 is 24.3 Å². The first kappa shape index (κ1) is 18.2. The number of carbonyl (C=O) groups excluding carboxylic acids is 4. The Hall–Kier alpha value is -2.84. The number of hydrogen-bond donors (Lipinski definition) is 1. The molecule has 116 valence electrons. The van der Waals surface area contributed by atoms with Crippen molar-refractivity contribution in [1.29, 1.82) is 0 Å².